The average molecular weight is 444 g/mol. The van der Waals surface area contributed by atoms with Gasteiger partial charge < -0.3 is 24.1 Å². The third-order valence-electron chi connectivity index (χ3n) is 6.81. The number of hydrogen-bond acceptors (Lipinski definition) is 8. The maximum Gasteiger partial charge on any atom is 0.343 e. The summed E-state index contributed by atoms with van der Waals surface area (Å²) in [5.41, 5.74) is -5.65. The van der Waals surface area contributed by atoms with Gasteiger partial charge in [0, 0.05) is 13.3 Å². The molecule has 1 saturated carbocycles. The number of carbonyl (C=O) groups excluding carboxylic acids is 3. The average Bonchev–Trinajstić information content (AvgIpc) is 2.86. The molecule has 2 fully saturated rings. The Labute approximate surface area is 186 Å². The minimum absolute atomic E-state index is 0.188. The molecule has 1 aromatic rings. The lowest BCUT2D eigenvalue weighted by Gasteiger charge is -2.57. The monoisotopic (exact) mass is 444 g/mol. The van der Waals surface area contributed by atoms with Crippen LogP contribution in [0.1, 0.15) is 51.4 Å². The third kappa shape index (κ3) is 3.08. The number of rotatable bonds is 3. The van der Waals surface area contributed by atoms with Gasteiger partial charge in [-0.05, 0) is 45.9 Å². The van der Waals surface area contributed by atoms with Crippen LogP contribution in [0.2, 0.25) is 0 Å². The number of esters is 3. The van der Waals surface area contributed by atoms with Crippen molar-refractivity contribution in [3.63, 3.8) is 0 Å². The van der Waals surface area contributed by atoms with Gasteiger partial charge in [0.05, 0.1) is 16.6 Å². The van der Waals surface area contributed by atoms with E-state index in [0.29, 0.717) is 5.56 Å². The molecule has 0 radical (unpaired) electrons. The van der Waals surface area contributed by atoms with Gasteiger partial charge in [-0.2, -0.15) is 0 Å². The zero-order valence-corrected chi connectivity index (χ0v) is 18.8. The lowest BCUT2D eigenvalue weighted by Crippen LogP contribution is -2.76. The van der Waals surface area contributed by atoms with Crippen molar-refractivity contribution in [3.8, 4) is 0 Å². The second-order valence-corrected chi connectivity index (χ2v) is 9.67. The fourth-order valence-corrected chi connectivity index (χ4v) is 5.45. The van der Waals surface area contributed by atoms with E-state index in [4.69, 9.17) is 18.9 Å². The second-order valence-electron chi connectivity index (χ2n) is 9.67. The van der Waals surface area contributed by atoms with Crippen LogP contribution >= 0.6 is 0 Å². The summed E-state index contributed by atoms with van der Waals surface area (Å²) in [5.74, 6) is -1.99. The molecule has 172 valence electrons. The summed E-state index contributed by atoms with van der Waals surface area (Å²) < 4.78 is 23.5. The number of ether oxygens (including phenoxy) is 4. The number of aliphatic hydroxyl groups is 1. The van der Waals surface area contributed by atoms with Crippen molar-refractivity contribution in [2.75, 3.05) is 0 Å². The molecule has 2 heterocycles. The third-order valence-corrected chi connectivity index (χ3v) is 6.81. The largest absolute Gasteiger partial charge is 0.458 e. The van der Waals surface area contributed by atoms with E-state index in [-0.39, 0.29) is 6.42 Å². The van der Waals surface area contributed by atoms with E-state index >= 15 is 0 Å². The van der Waals surface area contributed by atoms with Crippen molar-refractivity contribution < 1.29 is 38.4 Å². The van der Waals surface area contributed by atoms with Gasteiger partial charge in [0.25, 0.3) is 0 Å². The van der Waals surface area contributed by atoms with Crippen LogP contribution < -0.4 is 0 Å². The van der Waals surface area contributed by atoms with Gasteiger partial charge in [-0.15, -0.1) is 0 Å². The predicted octanol–water partition coefficient (Wildman–Crippen LogP) is 2.33. The summed E-state index contributed by atoms with van der Waals surface area (Å²) in [6.45, 7) is 7.90. The SMILES string of the molecule is CC(=O)O[C@H]1C[C@](C)(O)[C@]23OC(C)(C)C=C[C@@H](OC2=O)[C@]3(C)[C@@H]1OC(=O)c1ccccc1. The summed E-state index contributed by atoms with van der Waals surface area (Å²) in [6.07, 6.45) is 0.213. The molecule has 4 rings (SSSR count). The van der Waals surface area contributed by atoms with Gasteiger partial charge >= 0.3 is 17.9 Å². The molecule has 1 aromatic carbocycles. The van der Waals surface area contributed by atoms with Crippen molar-refractivity contribution in [1.82, 2.24) is 0 Å². The second kappa shape index (κ2) is 7.15. The van der Waals surface area contributed by atoms with Gasteiger partial charge in [-0.1, -0.05) is 24.3 Å². The van der Waals surface area contributed by atoms with Crippen molar-refractivity contribution in [3.05, 3.63) is 48.0 Å². The van der Waals surface area contributed by atoms with Gasteiger partial charge in [0.1, 0.15) is 17.8 Å². The molecule has 0 aromatic heterocycles. The maximum atomic E-state index is 13.3. The highest BCUT2D eigenvalue weighted by atomic mass is 16.6. The van der Waals surface area contributed by atoms with Crippen LogP contribution in [0.5, 0.6) is 0 Å². The van der Waals surface area contributed by atoms with Crippen molar-refractivity contribution in [2.24, 2.45) is 5.41 Å². The van der Waals surface area contributed by atoms with E-state index in [9.17, 15) is 19.5 Å². The van der Waals surface area contributed by atoms with Gasteiger partial charge in [-0.3, -0.25) is 4.79 Å². The smallest absolute Gasteiger partial charge is 0.343 e. The summed E-state index contributed by atoms with van der Waals surface area (Å²) in [7, 11) is 0. The molecule has 8 heteroatoms. The van der Waals surface area contributed by atoms with Crippen LogP contribution in [0, 0.1) is 5.41 Å². The Morgan fingerprint density at radius 3 is 2.38 bits per heavy atom. The maximum absolute atomic E-state index is 13.3. The zero-order valence-electron chi connectivity index (χ0n) is 18.8. The van der Waals surface area contributed by atoms with Crippen molar-refractivity contribution >= 4 is 17.9 Å². The molecule has 2 aliphatic heterocycles. The first kappa shape index (κ1) is 22.5. The molecule has 1 aliphatic carbocycles. The van der Waals surface area contributed by atoms with E-state index in [1.54, 1.807) is 63.3 Å². The van der Waals surface area contributed by atoms with Crippen LogP contribution in [-0.2, 0) is 28.5 Å². The highest BCUT2D eigenvalue weighted by Crippen LogP contribution is 2.62. The molecule has 3 aliphatic rings. The lowest BCUT2D eigenvalue weighted by molar-refractivity contribution is -0.295. The molecule has 0 spiro atoms. The van der Waals surface area contributed by atoms with Crippen LogP contribution in [0.15, 0.2) is 42.5 Å². The quantitative estimate of drug-likeness (QED) is 0.430. The van der Waals surface area contributed by atoms with Crippen LogP contribution in [-0.4, -0.2) is 58.1 Å². The highest BCUT2D eigenvalue weighted by molar-refractivity contribution is 5.90. The fraction of sp³-hybridized carbons (Fsp3) is 0.542. The molecule has 0 amide bonds. The van der Waals surface area contributed by atoms with E-state index in [2.05, 4.69) is 0 Å². The number of hydrogen-bond donors (Lipinski definition) is 1. The first-order valence-electron chi connectivity index (χ1n) is 10.6. The summed E-state index contributed by atoms with van der Waals surface area (Å²) in [6, 6.07) is 8.37. The molecule has 1 saturated heterocycles. The topological polar surface area (TPSA) is 108 Å². The first-order valence-corrected chi connectivity index (χ1v) is 10.6. The van der Waals surface area contributed by atoms with E-state index in [1.165, 1.54) is 13.8 Å². The molecular weight excluding hydrogens is 416 g/mol. The Kier molecular flexibility index (Phi) is 5.02. The van der Waals surface area contributed by atoms with Gasteiger partial charge in [0.15, 0.2) is 6.10 Å². The van der Waals surface area contributed by atoms with Gasteiger partial charge in [-0.25, -0.2) is 9.59 Å². The predicted molar refractivity (Wildman–Crippen MR) is 111 cm³/mol. The molecule has 8 nitrogen and oxygen atoms in total. The molecule has 0 unspecified atom stereocenters. The van der Waals surface area contributed by atoms with Crippen LogP contribution in [0.25, 0.3) is 0 Å². The molecule has 2 bridgehead atoms. The first-order chi connectivity index (χ1) is 14.8. The normalized spacial score (nSPS) is 39.4. The van der Waals surface area contributed by atoms with Gasteiger partial charge in [0.2, 0.25) is 5.60 Å². The Morgan fingerprint density at radius 1 is 1.09 bits per heavy atom. The van der Waals surface area contributed by atoms with E-state index in [1.807, 2.05) is 0 Å². The van der Waals surface area contributed by atoms with Crippen LogP contribution in [0.3, 0.4) is 0 Å². The molecule has 1 N–H and O–H groups in total. The highest BCUT2D eigenvalue weighted by Gasteiger charge is 2.82. The minimum atomic E-state index is -1.87. The standard InChI is InChI=1S/C24H28O8/c1-14(25)29-16-13-22(4,28)24-20(27)30-17(11-12-21(2,3)32-24)23(24,5)18(16)31-19(26)15-9-7-6-8-10-15/h6-12,16-18,28H,13H2,1-5H3/t16-,17+,18+,22-,23+,24+/m0/s1. The number of benzene rings is 1. The summed E-state index contributed by atoms with van der Waals surface area (Å²) >= 11 is 0. The lowest BCUT2D eigenvalue weighted by atomic mass is 9.54. The van der Waals surface area contributed by atoms with Crippen molar-refractivity contribution in [1.29, 1.82) is 0 Å². The van der Waals surface area contributed by atoms with Crippen molar-refractivity contribution in [2.45, 2.75) is 76.2 Å². The molecule has 32 heavy (non-hydrogen) atoms. The summed E-state index contributed by atoms with van der Waals surface area (Å²) in [4.78, 5) is 38.3. The Morgan fingerprint density at radius 2 is 1.75 bits per heavy atom. The Hall–Kier alpha value is -2.71. The van der Waals surface area contributed by atoms with E-state index < -0.39 is 58.4 Å². The fourth-order valence-electron chi connectivity index (χ4n) is 5.45. The Bertz CT molecular complexity index is 981. The van der Waals surface area contributed by atoms with Crippen LogP contribution in [0.4, 0.5) is 0 Å². The molecular formula is C24H28O8. The van der Waals surface area contributed by atoms with E-state index in [0.717, 1.165) is 0 Å². The minimum Gasteiger partial charge on any atom is -0.458 e. The number of carbonyl (C=O) groups is 3. The molecule has 6 atom stereocenters. The Balaban J connectivity index is 1.88. The summed E-state index contributed by atoms with van der Waals surface area (Å²) in [5, 5.41) is 11.6. The zero-order chi connectivity index (χ0) is 23.5.